The molecule has 0 saturated carbocycles. The third-order valence-electron chi connectivity index (χ3n) is 2.92. The van der Waals surface area contributed by atoms with E-state index in [1.807, 2.05) is 0 Å². The predicted octanol–water partition coefficient (Wildman–Crippen LogP) is 4.48. The van der Waals surface area contributed by atoms with Crippen molar-refractivity contribution in [3.05, 3.63) is 11.9 Å². The van der Waals surface area contributed by atoms with Crippen molar-refractivity contribution in [2.45, 2.75) is 41.6 Å². The molecular formula is C9H2F16O2. The average molecular weight is 446 g/mol. The Kier molecular flexibility index (Phi) is 5.94. The Labute approximate surface area is 135 Å². The highest BCUT2D eigenvalue weighted by molar-refractivity contribution is 5.24. The van der Waals surface area contributed by atoms with Gasteiger partial charge < -0.3 is 10.2 Å². The molecule has 0 heterocycles. The van der Waals surface area contributed by atoms with Crippen LogP contribution in [0.1, 0.15) is 0 Å². The maximum Gasteiger partial charge on any atom is 0.459 e. The Hall–Kier alpha value is -1.46. The van der Waals surface area contributed by atoms with Crippen LogP contribution in [0.4, 0.5) is 70.2 Å². The molecule has 27 heavy (non-hydrogen) atoms. The normalized spacial score (nSPS) is 21.1. The second kappa shape index (κ2) is 6.28. The van der Waals surface area contributed by atoms with Gasteiger partial charge in [0.2, 0.25) is 5.83 Å². The van der Waals surface area contributed by atoms with E-state index in [0.717, 1.165) is 0 Å². The first-order valence-corrected chi connectivity index (χ1v) is 5.47. The van der Waals surface area contributed by atoms with Crippen LogP contribution in [0.3, 0.4) is 0 Å². The van der Waals surface area contributed by atoms with Gasteiger partial charge in [0.25, 0.3) is 0 Å². The first-order valence-electron chi connectivity index (χ1n) is 5.47. The van der Waals surface area contributed by atoms with Gasteiger partial charge in [0, 0.05) is 0 Å². The van der Waals surface area contributed by atoms with Crippen molar-refractivity contribution in [3.63, 3.8) is 0 Å². The van der Waals surface area contributed by atoms with Gasteiger partial charge in [-0.1, -0.05) is 0 Å². The summed E-state index contributed by atoms with van der Waals surface area (Å²) in [5.41, 5.74) is -8.53. The van der Waals surface area contributed by atoms with Gasteiger partial charge in [0.15, 0.2) is 0 Å². The summed E-state index contributed by atoms with van der Waals surface area (Å²) < 4.78 is 201. The summed E-state index contributed by atoms with van der Waals surface area (Å²) in [6, 6.07) is 0. The fourth-order valence-electron chi connectivity index (χ4n) is 1.47. The minimum absolute atomic E-state index is 4.46. The average Bonchev–Trinajstić information content (AvgIpc) is 2.41. The largest absolute Gasteiger partial charge is 0.459 e. The van der Waals surface area contributed by atoms with Crippen LogP contribution in [0.25, 0.3) is 0 Å². The summed E-state index contributed by atoms with van der Waals surface area (Å²) in [5.74, 6) is -36.6. The molecule has 0 aromatic heterocycles. The predicted molar refractivity (Wildman–Crippen MR) is 48.3 cm³/mol. The lowest BCUT2D eigenvalue weighted by Crippen LogP contribution is -2.79. The molecule has 0 radical (unpaired) electrons. The number of aliphatic hydroxyl groups is 2. The number of rotatable bonds is 5. The second-order valence-electron chi connectivity index (χ2n) is 4.62. The molecule has 2 nitrogen and oxygen atoms in total. The molecule has 2 N–H and O–H groups in total. The van der Waals surface area contributed by atoms with Crippen molar-refractivity contribution in [2.24, 2.45) is 0 Å². The molecule has 0 saturated heterocycles. The Morgan fingerprint density at radius 3 is 1.07 bits per heavy atom. The van der Waals surface area contributed by atoms with Crippen LogP contribution in [0.15, 0.2) is 11.9 Å². The van der Waals surface area contributed by atoms with Gasteiger partial charge in [0.1, 0.15) is 0 Å². The smallest absolute Gasteiger partial charge is 0.354 e. The molecule has 18 heteroatoms. The number of hydrogen-bond donors (Lipinski definition) is 2. The maximum atomic E-state index is 13.7. The Bertz CT molecular complexity index is 594. The van der Waals surface area contributed by atoms with Crippen molar-refractivity contribution in [1.82, 2.24) is 0 Å². The molecule has 3 unspecified atom stereocenters. The van der Waals surface area contributed by atoms with E-state index in [4.69, 9.17) is 10.2 Å². The molecule has 0 aromatic rings. The van der Waals surface area contributed by atoms with Crippen LogP contribution >= 0.6 is 0 Å². The van der Waals surface area contributed by atoms with Crippen molar-refractivity contribution in [1.29, 1.82) is 0 Å². The monoisotopic (exact) mass is 446 g/mol. The van der Waals surface area contributed by atoms with E-state index in [0.29, 0.717) is 0 Å². The van der Waals surface area contributed by atoms with E-state index < -0.39 is 53.5 Å². The fraction of sp³-hybridized carbons (Fsp3) is 0.778. The molecular weight excluding hydrogens is 444 g/mol. The number of alkyl halides is 13. The van der Waals surface area contributed by atoms with E-state index in [1.54, 1.807) is 0 Å². The SMILES string of the molecule is OC(F)(C(F)=C(F)F)C(F)(F)C(F)(C(F)(F)F)C(O)(F)C(F)(F)C(F)(F)F. The van der Waals surface area contributed by atoms with Crippen LogP contribution in [-0.4, -0.2) is 51.8 Å². The lowest BCUT2D eigenvalue weighted by molar-refractivity contribution is -0.476. The Morgan fingerprint density at radius 2 is 0.852 bits per heavy atom. The van der Waals surface area contributed by atoms with Crippen molar-refractivity contribution < 1.29 is 80.5 Å². The van der Waals surface area contributed by atoms with Gasteiger partial charge in [-0.2, -0.15) is 61.5 Å². The third-order valence-corrected chi connectivity index (χ3v) is 2.92. The van der Waals surface area contributed by atoms with Gasteiger partial charge >= 0.3 is 47.7 Å². The molecule has 3 atom stereocenters. The molecule has 0 bridgehead atoms. The lowest BCUT2D eigenvalue weighted by Gasteiger charge is -2.46. The van der Waals surface area contributed by atoms with Crippen molar-refractivity contribution >= 4 is 0 Å². The molecule has 0 aliphatic carbocycles. The summed E-state index contributed by atoms with van der Waals surface area (Å²) in [5, 5.41) is 16.3. The zero-order valence-electron chi connectivity index (χ0n) is 11.4. The van der Waals surface area contributed by atoms with Gasteiger partial charge in [-0.15, -0.1) is 0 Å². The molecule has 0 aliphatic rings. The minimum Gasteiger partial charge on any atom is -0.354 e. The van der Waals surface area contributed by atoms with E-state index in [2.05, 4.69) is 0 Å². The Morgan fingerprint density at radius 1 is 0.519 bits per heavy atom. The molecule has 0 aromatic carbocycles. The summed E-state index contributed by atoms with van der Waals surface area (Å²) in [4.78, 5) is 0. The maximum absolute atomic E-state index is 13.7. The van der Waals surface area contributed by atoms with Gasteiger partial charge in [0.05, 0.1) is 0 Å². The van der Waals surface area contributed by atoms with Crippen LogP contribution in [-0.2, 0) is 0 Å². The van der Waals surface area contributed by atoms with E-state index >= 15 is 0 Å². The standard InChI is InChI=1S/C9H2F16O2/c10-1(2(11)12)3(13,26)5(15,16)4(14,8(20,21)22)7(19,27)6(17,18)9(23,24)25/h26-27H. The van der Waals surface area contributed by atoms with E-state index in [9.17, 15) is 70.2 Å². The molecule has 0 aliphatic heterocycles. The third kappa shape index (κ3) is 3.19. The van der Waals surface area contributed by atoms with Crippen LogP contribution in [0, 0.1) is 0 Å². The summed E-state index contributed by atoms with van der Waals surface area (Å²) in [7, 11) is 0. The number of hydrogen-bond acceptors (Lipinski definition) is 2. The summed E-state index contributed by atoms with van der Waals surface area (Å²) in [6.07, 6.45) is -20.4. The van der Waals surface area contributed by atoms with Crippen LogP contribution in [0.5, 0.6) is 0 Å². The highest BCUT2D eigenvalue weighted by atomic mass is 19.4. The topological polar surface area (TPSA) is 40.5 Å². The molecule has 162 valence electrons. The van der Waals surface area contributed by atoms with Crippen LogP contribution < -0.4 is 0 Å². The molecule has 0 fully saturated rings. The summed E-state index contributed by atoms with van der Waals surface area (Å²) >= 11 is 0. The summed E-state index contributed by atoms with van der Waals surface area (Å²) in [6.45, 7) is 0. The zero-order chi connectivity index (χ0) is 22.7. The Balaban J connectivity index is 7.18. The quantitative estimate of drug-likeness (QED) is 0.612. The highest BCUT2D eigenvalue weighted by Crippen LogP contribution is 2.63. The van der Waals surface area contributed by atoms with E-state index in [1.165, 1.54) is 0 Å². The van der Waals surface area contributed by atoms with Gasteiger partial charge in [-0.3, -0.25) is 0 Å². The molecule has 0 spiro atoms. The van der Waals surface area contributed by atoms with E-state index in [-0.39, 0.29) is 0 Å². The molecule has 0 rings (SSSR count). The zero-order valence-corrected chi connectivity index (χ0v) is 11.4. The highest BCUT2D eigenvalue weighted by Gasteiger charge is 2.95. The lowest BCUT2D eigenvalue weighted by atomic mass is 9.80. The van der Waals surface area contributed by atoms with Crippen molar-refractivity contribution in [3.8, 4) is 0 Å². The van der Waals surface area contributed by atoms with Gasteiger partial charge in [-0.05, 0) is 0 Å². The van der Waals surface area contributed by atoms with Gasteiger partial charge in [-0.25, -0.2) is 8.78 Å². The van der Waals surface area contributed by atoms with Crippen molar-refractivity contribution in [2.75, 3.05) is 0 Å². The minimum atomic E-state index is -8.53. The van der Waals surface area contributed by atoms with Crippen LogP contribution in [0.2, 0.25) is 0 Å². The second-order valence-corrected chi connectivity index (χ2v) is 4.62. The fourth-order valence-corrected chi connectivity index (χ4v) is 1.47. The first-order chi connectivity index (χ1) is 11.4. The number of halogens is 16. The molecule has 0 amide bonds. The first kappa shape index (κ1) is 25.5.